The van der Waals surface area contributed by atoms with Crippen molar-refractivity contribution < 1.29 is 19.1 Å². The zero-order chi connectivity index (χ0) is 19.1. The molecule has 0 saturated heterocycles. The van der Waals surface area contributed by atoms with Gasteiger partial charge in [0.15, 0.2) is 5.41 Å². The largest absolute Gasteiger partial charge is 0.465 e. The molecule has 0 fully saturated rings. The van der Waals surface area contributed by atoms with Crippen molar-refractivity contribution >= 4 is 11.9 Å². The number of hydrogen-bond donors (Lipinski definition) is 0. The van der Waals surface area contributed by atoms with E-state index in [4.69, 9.17) is 9.47 Å². The lowest BCUT2D eigenvalue weighted by molar-refractivity contribution is -0.170. The molecule has 0 aliphatic carbocycles. The van der Waals surface area contributed by atoms with Gasteiger partial charge >= 0.3 is 11.9 Å². The maximum atomic E-state index is 12.3. The zero-order valence-corrected chi connectivity index (χ0v) is 17.2. The van der Waals surface area contributed by atoms with E-state index in [0.717, 1.165) is 38.5 Å². The molecule has 0 amide bonds. The summed E-state index contributed by atoms with van der Waals surface area (Å²) in [7, 11) is 0. The molecule has 0 heterocycles. The third-order valence-corrected chi connectivity index (χ3v) is 4.75. The average Bonchev–Trinajstić information content (AvgIpc) is 2.60. The van der Waals surface area contributed by atoms with E-state index in [1.165, 1.54) is 25.7 Å². The van der Waals surface area contributed by atoms with Gasteiger partial charge in [-0.25, -0.2) is 0 Å². The Morgan fingerprint density at radius 2 is 1.36 bits per heavy atom. The Bertz CT molecular complexity index is 363. The van der Waals surface area contributed by atoms with Crippen molar-refractivity contribution in [3.63, 3.8) is 0 Å². The predicted molar refractivity (Wildman–Crippen MR) is 102 cm³/mol. The normalized spacial score (nSPS) is 12.7. The van der Waals surface area contributed by atoms with Crippen LogP contribution >= 0.6 is 0 Å². The molecule has 0 rings (SSSR count). The molecule has 0 aliphatic heterocycles. The summed E-state index contributed by atoms with van der Waals surface area (Å²) in [6, 6.07) is 0. The molecule has 0 N–H and O–H groups in total. The third kappa shape index (κ3) is 10.5. The Balaban J connectivity index is 4.11. The molecule has 0 bridgehead atoms. The molecule has 0 aliphatic rings. The molecule has 0 aromatic carbocycles. The van der Waals surface area contributed by atoms with E-state index in [2.05, 4.69) is 20.8 Å². The van der Waals surface area contributed by atoms with Crippen molar-refractivity contribution in [2.75, 3.05) is 13.2 Å². The van der Waals surface area contributed by atoms with E-state index in [0.29, 0.717) is 19.1 Å². The van der Waals surface area contributed by atoms with Gasteiger partial charge in [-0.3, -0.25) is 9.59 Å². The van der Waals surface area contributed by atoms with Gasteiger partial charge < -0.3 is 9.47 Å². The highest BCUT2D eigenvalue weighted by molar-refractivity contribution is 5.99. The Hall–Kier alpha value is -1.06. The minimum absolute atomic E-state index is 0.374. The van der Waals surface area contributed by atoms with E-state index in [1.54, 1.807) is 13.8 Å². The first-order chi connectivity index (χ1) is 11.9. The topological polar surface area (TPSA) is 52.6 Å². The molecule has 148 valence electrons. The minimum Gasteiger partial charge on any atom is -0.465 e. The van der Waals surface area contributed by atoms with Crippen LogP contribution in [0, 0.1) is 11.3 Å². The van der Waals surface area contributed by atoms with E-state index < -0.39 is 17.4 Å². The highest BCUT2D eigenvalue weighted by atomic mass is 16.6. The van der Waals surface area contributed by atoms with Gasteiger partial charge in [0, 0.05) is 0 Å². The van der Waals surface area contributed by atoms with Gasteiger partial charge in [0.05, 0.1) is 13.2 Å². The first kappa shape index (κ1) is 23.9. The van der Waals surface area contributed by atoms with Crippen LogP contribution in [-0.4, -0.2) is 25.2 Å². The number of esters is 2. The summed E-state index contributed by atoms with van der Waals surface area (Å²) in [5, 5.41) is 0. The van der Waals surface area contributed by atoms with Crippen LogP contribution in [0.1, 0.15) is 98.8 Å². The van der Waals surface area contributed by atoms with Crippen molar-refractivity contribution in [1.29, 1.82) is 0 Å². The van der Waals surface area contributed by atoms with Crippen LogP contribution in [0.4, 0.5) is 0 Å². The van der Waals surface area contributed by atoms with Crippen molar-refractivity contribution in [1.82, 2.24) is 0 Å². The molecule has 0 aromatic rings. The second kappa shape index (κ2) is 14.1. The molecule has 0 aromatic heterocycles. The Morgan fingerprint density at radius 1 is 0.800 bits per heavy atom. The van der Waals surface area contributed by atoms with Crippen molar-refractivity contribution in [2.45, 2.75) is 98.8 Å². The van der Waals surface area contributed by atoms with E-state index in [9.17, 15) is 9.59 Å². The molecule has 4 nitrogen and oxygen atoms in total. The fraction of sp³-hybridized carbons (Fsp3) is 0.905. The molecule has 0 spiro atoms. The summed E-state index contributed by atoms with van der Waals surface area (Å²) in [6.07, 6.45) is 11.1. The summed E-state index contributed by atoms with van der Waals surface area (Å²) in [6.45, 7) is 10.4. The number of ether oxygens (including phenoxy) is 2. The Kier molecular flexibility index (Phi) is 13.5. The van der Waals surface area contributed by atoms with Crippen molar-refractivity contribution in [2.24, 2.45) is 11.3 Å². The summed E-state index contributed by atoms with van der Waals surface area (Å²) in [5.74, 6) is -0.582. The Labute approximate surface area is 155 Å². The summed E-state index contributed by atoms with van der Waals surface area (Å²) in [4.78, 5) is 24.5. The molecule has 0 saturated carbocycles. The molecule has 1 atom stereocenters. The van der Waals surface area contributed by atoms with Gasteiger partial charge in [0.2, 0.25) is 0 Å². The molecule has 0 radical (unpaired) electrons. The minimum atomic E-state index is -1.23. The Morgan fingerprint density at radius 3 is 1.96 bits per heavy atom. The van der Waals surface area contributed by atoms with Crippen LogP contribution in [0.5, 0.6) is 0 Å². The van der Waals surface area contributed by atoms with Crippen LogP contribution in [-0.2, 0) is 19.1 Å². The average molecular weight is 357 g/mol. The fourth-order valence-electron chi connectivity index (χ4n) is 2.58. The van der Waals surface area contributed by atoms with Crippen molar-refractivity contribution in [3.8, 4) is 0 Å². The second-order valence-corrected chi connectivity index (χ2v) is 7.54. The maximum absolute atomic E-state index is 12.3. The van der Waals surface area contributed by atoms with E-state index in [1.807, 2.05) is 0 Å². The number of hydrogen-bond acceptors (Lipinski definition) is 4. The summed E-state index contributed by atoms with van der Waals surface area (Å²) >= 11 is 0. The molecule has 4 heteroatoms. The number of unbranched alkanes of at least 4 members (excludes halogenated alkanes) is 6. The molecular weight excluding hydrogens is 316 g/mol. The first-order valence-corrected chi connectivity index (χ1v) is 10.2. The van der Waals surface area contributed by atoms with Crippen LogP contribution in [0.3, 0.4) is 0 Å². The van der Waals surface area contributed by atoms with Crippen LogP contribution in [0.15, 0.2) is 0 Å². The molecule has 25 heavy (non-hydrogen) atoms. The monoisotopic (exact) mass is 356 g/mol. The van der Waals surface area contributed by atoms with Gasteiger partial charge in [0.1, 0.15) is 0 Å². The number of rotatable bonds is 15. The number of carbonyl (C=O) groups excluding carboxylic acids is 2. The van der Waals surface area contributed by atoms with Gasteiger partial charge in [-0.2, -0.15) is 0 Å². The molecule has 1 unspecified atom stereocenters. The lowest BCUT2D eigenvalue weighted by atomic mass is 9.93. The van der Waals surface area contributed by atoms with Crippen LogP contribution in [0.25, 0.3) is 0 Å². The van der Waals surface area contributed by atoms with E-state index in [-0.39, 0.29) is 0 Å². The summed E-state index contributed by atoms with van der Waals surface area (Å²) in [5.41, 5.74) is -1.23. The van der Waals surface area contributed by atoms with Gasteiger partial charge in [-0.15, -0.1) is 0 Å². The maximum Gasteiger partial charge on any atom is 0.322 e. The van der Waals surface area contributed by atoms with Crippen LogP contribution in [0.2, 0.25) is 0 Å². The third-order valence-electron chi connectivity index (χ3n) is 4.75. The van der Waals surface area contributed by atoms with Crippen molar-refractivity contribution in [3.05, 3.63) is 0 Å². The first-order valence-electron chi connectivity index (χ1n) is 10.2. The lowest BCUT2D eigenvalue weighted by Crippen LogP contribution is -2.37. The fourth-order valence-corrected chi connectivity index (χ4v) is 2.58. The van der Waals surface area contributed by atoms with Gasteiger partial charge in [-0.05, 0) is 32.6 Å². The standard InChI is InChI=1S/C21H40O4/c1-6-9-11-12-13-14-16-24-19(22)21(4,5)20(23)25-17-18(8-3)15-10-7-2/h18H,6-17H2,1-5H3. The van der Waals surface area contributed by atoms with Gasteiger partial charge in [-0.1, -0.05) is 72.1 Å². The second-order valence-electron chi connectivity index (χ2n) is 7.54. The SMILES string of the molecule is CCCCCCCCOC(=O)C(C)(C)C(=O)OCC(CC)CCCC. The van der Waals surface area contributed by atoms with Crippen LogP contribution < -0.4 is 0 Å². The zero-order valence-electron chi connectivity index (χ0n) is 17.2. The van der Waals surface area contributed by atoms with E-state index >= 15 is 0 Å². The number of carbonyl (C=O) groups is 2. The smallest absolute Gasteiger partial charge is 0.322 e. The highest BCUT2D eigenvalue weighted by Gasteiger charge is 2.39. The lowest BCUT2D eigenvalue weighted by Gasteiger charge is -2.22. The highest BCUT2D eigenvalue weighted by Crippen LogP contribution is 2.22. The predicted octanol–water partition coefficient (Wildman–Crippen LogP) is 5.68. The summed E-state index contributed by atoms with van der Waals surface area (Å²) < 4.78 is 10.7. The quantitative estimate of drug-likeness (QED) is 0.215. The molecular formula is C21H40O4. The van der Waals surface area contributed by atoms with Gasteiger partial charge in [0.25, 0.3) is 0 Å².